The highest BCUT2D eigenvalue weighted by Gasteiger charge is 2.16. The third-order valence-electron chi connectivity index (χ3n) is 3.08. The molecule has 1 fully saturated rings. The van der Waals surface area contributed by atoms with Crippen LogP contribution in [-0.4, -0.2) is 43.0 Å². The normalized spacial score (nSPS) is 18.6. The SMILES string of the molecule is CN1CCN(Cc2cc(F)c(Br)cc2Cl)CC1. The van der Waals surface area contributed by atoms with E-state index in [1.54, 1.807) is 6.07 Å². The number of nitrogens with zero attached hydrogens (tertiary/aromatic N) is 2. The van der Waals surface area contributed by atoms with E-state index >= 15 is 0 Å². The molecule has 0 aromatic heterocycles. The Balaban J connectivity index is 2.06. The van der Waals surface area contributed by atoms with Crippen molar-refractivity contribution in [3.05, 3.63) is 33.0 Å². The van der Waals surface area contributed by atoms with Gasteiger partial charge in [0.2, 0.25) is 0 Å². The van der Waals surface area contributed by atoms with Crippen molar-refractivity contribution in [2.45, 2.75) is 6.54 Å². The molecule has 0 bridgehead atoms. The fraction of sp³-hybridized carbons (Fsp3) is 0.500. The van der Waals surface area contributed by atoms with E-state index in [-0.39, 0.29) is 5.82 Å². The summed E-state index contributed by atoms with van der Waals surface area (Å²) in [5.74, 6) is -0.251. The Bertz CT molecular complexity index is 406. The van der Waals surface area contributed by atoms with E-state index in [2.05, 4.69) is 32.8 Å². The van der Waals surface area contributed by atoms with Crippen LogP contribution < -0.4 is 0 Å². The highest BCUT2D eigenvalue weighted by atomic mass is 79.9. The van der Waals surface area contributed by atoms with Crippen LogP contribution in [0.25, 0.3) is 0 Å². The molecule has 0 amide bonds. The molecule has 2 nitrogen and oxygen atoms in total. The molecule has 1 aliphatic rings. The van der Waals surface area contributed by atoms with Gasteiger partial charge in [-0.15, -0.1) is 0 Å². The summed E-state index contributed by atoms with van der Waals surface area (Å²) < 4.78 is 13.9. The van der Waals surface area contributed by atoms with Gasteiger partial charge in [-0.25, -0.2) is 4.39 Å². The average Bonchev–Trinajstić information content (AvgIpc) is 2.29. The Hall–Kier alpha value is -0.160. The van der Waals surface area contributed by atoms with Gasteiger partial charge in [0.25, 0.3) is 0 Å². The van der Waals surface area contributed by atoms with Gasteiger partial charge in [-0.2, -0.15) is 0 Å². The quantitative estimate of drug-likeness (QED) is 0.773. The minimum absolute atomic E-state index is 0.251. The summed E-state index contributed by atoms with van der Waals surface area (Å²) in [7, 11) is 2.11. The molecule has 94 valence electrons. The summed E-state index contributed by atoms with van der Waals surface area (Å²) in [6.07, 6.45) is 0. The molecule has 1 saturated heterocycles. The van der Waals surface area contributed by atoms with Crippen LogP contribution in [0, 0.1) is 5.82 Å². The highest BCUT2D eigenvalue weighted by molar-refractivity contribution is 9.10. The van der Waals surface area contributed by atoms with Crippen molar-refractivity contribution in [1.29, 1.82) is 0 Å². The molecule has 2 rings (SSSR count). The van der Waals surface area contributed by atoms with Crippen LogP contribution in [0.15, 0.2) is 16.6 Å². The van der Waals surface area contributed by atoms with Crippen molar-refractivity contribution in [3.8, 4) is 0 Å². The van der Waals surface area contributed by atoms with Gasteiger partial charge in [-0.05, 0) is 40.7 Å². The van der Waals surface area contributed by atoms with Gasteiger partial charge < -0.3 is 4.90 Å². The lowest BCUT2D eigenvalue weighted by molar-refractivity contribution is 0.148. The van der Waals surface area contributed by atoms with Crippen LogP contribution in [0.2, 0.25) is 5.02 Å². The predicted octanol–water partition coefficient (Wildman–Crippen LogP) is 2.99. The van der Waals surface area contributed by atoms with Crippen molar-refractivity contribution in [1.82, 2.24) is 9.80 Å². The second-order valence-electron chi connectivity index (χ2n) is 4.44. The van der Waals surface area contributed by atoms with E-state index in [1.165, 1.54) is 6.07 Å². The topological polar surface area (TPSA) is 6.48 Å². The lowest BCUT2D eigenvalue weighted by atomic mass is 10.2. The zero-order valence-electron chi connectivity index (χ0n) is 9.72. The van der Waals surface area contributed by atoms with E-state index in [0.29, 0.717) is 9.50 Å². The fourth-order valence-electron chi connectivity index (χ4n) is 1.93. The summed E-state index contributed by atoms with van der Waals surface area (Å²) in [4.78, 5) is 4.59. The molecule has 5 heteroatoms. The summed E-state index contributed by atoms with van der Waals surface area (Å²) in [6.45, 7) is 4.83. The van der Waals surface area contributed by atoms with Crippen LogP contribution in [0.1, 0.15) is 5.56 Å². The van der Waals surface area contributed by atoms with Gasteiger partial charge in [0.15, 0.2) is 0 Å². The molecule has 17 heavy (non-hydrogen) atoms. The Kier molecular flexibility index (Phi) is 4.42. The number of benzene rings is 1. The molecule has 0 spiro atoms. The first kappa shape index (κ1) is 13.3. The van der Waals surface area contributed by atoms with Crippen molar-refractivity contribution >= 4 is 27.5 Å². The molecule has 0 saturated carbocycles. The molecular formula is C12H15BrClFN2. The third kappa shape index (κ3) is 3.41. The van der Waals surface area contributed by atoms with Crippen molar-refractivity contribution in [2.24, 2.45) is 0 Å². The lowest BCUT2D eigenvalue weighted by Gasteiger charge is -2.32. The Morgan fingerprint density at radius 3 is 2.59 bits per heavy atom. The zero-order valence-corrected chi connectivity index (χ0v) is 12.1. The zero-order chi connectivity index (χ0) is 12.4. The van der Waals surface area contributed by atoms with Gasteiger partial charge in [0, 0.05) is 37.7 Å². The van der Waals surface area contributed by atoms with Gasteiger partial charge in [0.1, 0.15) is 5.82 Å². The van der Waals surface area contributed by atoms with Crippen LogP contribution in [0.3, 0.4) is 0 Å². The summed E-state index contributed by atoms with van der Waals surface area (Å²) in [5.41, 5.74) is 0.858. The standard InChI is InChI=1S/C12H15BrClFN2/c1-16-2-4-17(5-3-16)8-9-6-12(15)10(13)7-11(9)14/h6-7H,2-5,8H2,1H3. The Morgan fingerprint density at radius 2 is 1.94 bits per heavy atom. The predicted molar refractivity (Wildman–Crippen MR) is 71.9 cm³/mol. The van der Waals surface area contributed by atoms with Crippen LogP contribution in [-0.2, 0) is 6.54 Å². The number of hydrogen-bond donors (Lipinski definition) is 0. The van der Waals surface area contributed by atoms with Gasteiger partial charge in [-0.3, -0.25) is 4.90 Å². The first-order valence-corrected chi connectivity index (χ1v) is 6.77. The monoisotopic (exact) mass is 320 g/mol. The first-order chi connectivity index (χ1) is 8.06. The number of piperazine rings is 1. The molecule has 0 N–H and O–H groups in total. The van der Waals surface area contributed by atoms with Crippen molar-refractivity contribution < 1.29 is 4.39 Å². The number of halogens is 3. The molecule has 1 aromatic carbocycles. The number of likely N-dealkylation sites (N-methyl/N-ethyl adjacent to an activating group) is 1. The van der Waals surface area contributed by atoms with Crippen LogP contribution in [0.4, 0.5) is 4.39 Å². The lowest BCUT2D eigenvalue weighted by Crippen LogP contribution is -2.43. The van der Waals surface area contributed by atoms with Gasteiger partial charge in [-0.1, -0.05) is 11.6 Å². The third-order valence-corrected chi connectivity index (χ3v) is 4.04. The van der Waals surface area contributed by atoms with Gasteiger partial charge in [0.05, 0.1) is 4.47 Å². The fourth-order valence-corrected chi connectivity index (χ4v) is 2.63. The second-order valence-corrected chi connectivity index (χ2v) is 5.70. The minimum atomic E-state index is -0.251. The smallest absolute Gasteiger partial charge is 0.137 e. The number of rotatable bonds is 2. The maximum Gasteiger partial charge on any atom is 0.137 e. The Labute approximate surface area is 114 Å². The molecule has 1 aliphatic heterocycles. The maximum absolute atomic E-state index is 13.4. The summed E-state index contributed by atoms with van der Waals surface area (Å²) >= 11 is 9.25. The largest absolute Gasteiger partial charge is 0.304 e. The Morgan fingerprint density at radius 1 is 1.29 bits per heavy atom. The van der Waals surface area contributed by atoms with Gasteiger partial charge >= 0.3 is 0 Å². The van der Waals surface area contributed by atoms with E-state index < -0.39 is 0 Å². The molecule has 0 unspecified atom stereocenters. The highest BCUT2D eigenvalue weighted by Crippen LogP contribution is 2.25. The second kappa shape index (κ2) is 5.65. The molecular weight excluding hydrogens is 307 g/mol. The molecule has 1 aromatic rings. The minimum Gasteiger partial charge on any atom is -0.304 e. The van der Waals surface area contributed by atoms with Crippen LogP contribution >= 0.6 is 27.5 Å². The van der Waals surface area contributed by atoms with E-state index in [9.17, 15) is 4.39 Å². The van der Waals surface area contributed by atoms with Crippen LogP contribution in [0.5, 0.6) is 0 Å². The maximum atomic E-state index is 13.4. The molecule has 1 heterocycles. The first-order valence-electron chi connectivity index (χ1n) is 5.60. The van der Waals surface area contributed by atoms with E-state index in [1.807, 2.05) is 0 Å². The van der Waals surface area contributed by atoms with E-state index in [4.69, 9.17) is 11.6 Å². The van der Waals surface area contributed by atoms with Crippen molar-refractivity contribution in [3.63, 3.8) is 0 Å². The van der Waals surface area contributed by atoms with E-state index in [0.717, 1.165) is 38.3 Å². The number of hydrogen-bond acceptors (Lipinski definition) is 2. The molecule has 0 aliphatic carbocycles. The summed E-state index contributed by atoms with van der Waals surface area (Å²) in [5, 5.41) is 0.622. The van der Waals surface area contributed by atoms with Crippen molar-refractivity contribution in [2.75, 3.05) is 33.2 Å². The summed E-state index contributed by atoms with van der Waals surface area (Å²) in [6, 6.07) is 3.15. The molecule has 0 radical (unpaired) electrons. The molecule has 0 atom stereocenters. The average molecular weight is 322 g/mol.